The van der Waals surface area contributed by atoms with Crippen molar-refractivity contribution in [3.8, 4) is 5.88 Å². The van der Waals surface area contributed by atoms with Crippen LogP contribution in [0.2, 0.25) is 5.02 Å². The molecule has 1 aliphatic rings. The van der Waals surface area contributed by atoms with Crippen LogP contribution < -0.4 is 10.1 Å². The zero-order chi connectivity index (χ0) is 15.4. The third-order valence-corrected chi connectivity index (χ3v) is 3.25. The standard InChI is InChI=1S/C13H14ClFN2O4/c14-9-3-8(11(18)17-10(4-15)13(19)20)5-16-12(9)21-6-7-1-2-7/h3,5,7,10H,1-2,4,6H2,(H,17,18)(H,19,20). The number of carbonyl (C=O) groups is 2. The van der Waals surface area contributed by atoms with Gasteiger partial charge in [0.15, 0.2) is 6.04 Å². The highest BCUT2D eigenvalue weighted by molar-refractivity contribution is 6.32. The minimum atomic E-state index is -1.60. The Hall–Kier alpha value is -1.89. The van der Waals surface area contributed by atoms with E-state index in [4.69, 9.17) is 21.4 Å². The Morgan fingerprint density at radius 2 is 2.29 bits per heavy atom. The largest absolute Gasteiger partial charge is 0.480 e. The van der Waals surface area contributed by atoms with Crippen molar-refractivity contribution >= 4 is 23.5 Å². The topological polar surface area (TPSA) is 88.5 Å². The van der Waals surface area contributed by atoms with Crippen LogP contribution in [0.4, 0.5) is 4.39 Å². The van der Waals surface area contributed by atoms with Gasteiger partial charge in [0.2, 0.25) is 5.88 Å². The first-order valence-corrected chi connectivity index (χ1v) is 6.77. The second-order valence-corrected chi connectivity index (χ2v) is 5.19. The minimum absolute atomic E-state index is 0.0403. The lowest BCUT2D eigenvalue weighted by atomic mass is 10.2. The number of carboxylic acid groups (broad SMARTS) is 1. The summed E-state index contributed by atoms with van der Waals surface area (Å²) in [4.78, 5) is 26.4. The fourth-order valence-electron chi connectivity index (χ4n) is 1.54. The molecule has 1 fully saturated rings. The van der Waals surface area contributed by atoms with E-state index in [0.29, 0.717) is 12.5 Å². The smallest absolute Gasteiger partial charge is 0.328 e. The number of carboxylic acids is 1. The average molecular weight is 317 g/mol. The van der Waals surface area contributed by atoms with Gasteiger partial charge in [-0.05, 0) is 24.8 Å². The lowest BCUT2D eigenvalue weighted by Gasteiger charge is -2.11. The van der Waals surface area contributed by atoms with Crippen molar-refractivity contribution in [3.05, 3.63) is 22.8 Å². The first-order chi connectivity index (χ1) is 10.0. The van der Waals surface area contributed by atoms with Gasteiger partial charge in [-0.3, -0.25) is 4.79 Å². The first kappa shape index (κ1) is 15.5. The van der Waals surface area contributed by atoms with Gasteiger partial charge in [0, 0.05) is 6.20 Å². The lowest BCUT2D eigenvalue weighted by Crippen LogP contribution is -2.42. The molecule has 1 unspecified atom stereocenters. The molecule has 0 aromatic carbocycles. The maximum Gasteiger partial charge on any atom is 0.328 e. The quantitative estimate of drug-likeness (QED) is 0.799. The van der Waals surface area contributed by atoms with Gasteiger partial charge in [0.25, 0.3) is 5.91 Å². The Balaban J connectivity index is 2.00. The molecule has 1 heterocycles. The van der Waals surface area contributed by atoms with E-state index < -0.39 is 24.6 Å². The summed E-state index contributed by atoms with van der Waals surface area (Å²) in [6, 6.07) is -0.287. The molecule has 1 aromatic rings. The molecule has 0 bridgehead atoms. The lowest BCUT2D eigenvalue weighted by molar-refractivity contribution is -0.139. The number of ether oxygens (including phenoxy) is 1. The van der Waals surface area contributed by atoms with Gasteiger partial charge < -0.3 is 15.2 Å². The molecule has 8 heteroatoms. The molecule has 0 aliphatic heterocycles. The van der Waals surface area contributed by atoms with Crippen LogP contribution in [0.15, 0.2) is 12.3 Å². The molecule has 1 atom stereocenters. The van der Waals surface area contributed by atoms with Crippen LogP contribution in [-0.2, 0) is 4.79 Å². The maximum atomic E-state index is 12.5. The van der Waals surface area contributed by atoms with Gasteiger partial charge in [0.05, 0.1) is 12.2 Å². The van der Waals surface area contributed by atoms with E-state index in [1.54, 1.807) is 0 Å². The normalized spacial score (nSPS) is 15.3. The number of nitrogens with one attached hydrogen (secondary N) is 1. The summed E-state index contributed by atoms with van der Waals surface area (Å²) in [6.07, 6.45) is 3.45. The second-order valence-electron chi connectivity index (χ2n) is 4.78. The van der Waals surface area contributed by atoms with Crippen molar-refractivity contribution in [2.45, 2.75) is 18.9 Å². The van der Waals surface area contributed by atoms with Crippen LogP contribution in [-0.4, -0.2) is 41.3 Å². The molecule has 114 valence electrons. The third-order valence-electron chi connectivity index (χ3n) is 2.98. The average Bonchev–Trinajstić information content (AvgIpc) is 3.26. The van der Waals surface area contributed by atoms with Crippen LogP contribution in [0.25, 0.3) is 0 Å². The highest BCUT2D eigenvalue weighted by Gasteiger charge is 2.23. The van der Waals surface area contributed by atoms with Gasteiger partial charge in [-0.2, -0.15) is 0 Å². The van der Waals surface area contributed by atoms with Crippen LogP contribution in [0, 0.1) is 5.92 Å². The highest BCUT2D eigenvalue weighted by Crippen LogP contribution is 2.30. The Kier molecular flexibility index (Phi) is 4.95. The molecular formula is C13H14ClFN2O4. The molecule has 2 rings (SSSR count). The van der Waals surface area contributed by atoms with Crippen molar-refractivity contribution < 1.29 is 23.8 Å². The zero-order valence-electron chi connectivity index (χ0n) is 11.0. The number of pyridine rings is 1. The van der Waals surface area contributed by atoms with E-state index in [1.165, 1.54) is 12.3 Å². The summed E-state index contributed by atoms with van der Waals surface area (Å²) < 4.78 is 17.9. The van der Waals surface area contributed by atoms with E-state index in [0.717, 1.165) is 12.8 Å². The molecule has 0 radical (unpaired) electrons. The second kappa shape index (κ2) is 6.71. The number of hydrogen-bond acceptors (Lipinski definition) is 4. The van der Waals surface area contributed by atoms with Gasteiger partial charge in [0.1, 0.15) is 11.7 Å². The van der Waals surface area contributed by atoms with Crippen LogP contribution >= 0.6 is 11.6 Å². The Morgan fingerprint density at radius 3 is 2.81 bits per heavy atom. The number of hydrogen-bond donors (Lipinski definition) is 2. The minimum Gasteiger partial charge on any atom is -0.480 e. The molecular weight excluding hydrogens is 303 g/mol. The van der Waals surface area contributed by atoms with Crippen LogP contribution in [0.5, 0.6) is 5.88 Å². The number of aliphatic carboxylic acids is 1. The summed E-state index contributed by atoms with van der Waals surface area (Å²) in [5, 5.41) is 10.9. The number of amides is 1. The number of alkyl halides is 1. The molecule has 6 nitrogen and oxygen atoms in total. The van der Waals surface area contributed by atoms with E-state index in [1.807, 2.05) is 5.32 Å². The zero-order valence-corrected chi connectivity index (χ0v) is 11.8. The SMILES string of the molecule is O=C(NC(CF)C(=O)O)c1cnc(OCC2CC2)c(Cl)c1. The van der Waals surface area contributed by atoms with Gasteiger partial charge in [-0.25, -0.2) is 14.2 Å². The summed E-state index contributed by atoms with van der Waals surface area (Å²) in [7, 11) is 0. The number of halogens is 2. The highest BCUT2D eigenvalue weighted by atomic mass is 35.5. The monoisotopic (exact) mass is 316 g/mol. The number of nitrogens with zero attached hydrogens (tertiary/aromatic N) is 1. The number of carbonyl (C=O) groups excluding carboxylic acids is 1. The summed E-state index contributed by atoms with van der Waals surface area (Å²) in [6.45, 7) is -0.675. The fraction of sp³-hybridized carbons (Fsp3) is 0.462. The summed E-state index contributed by atoms with van der Waals surface area (Å²) >= 11 is 5.95. The van der Waals surface area contributed by atoms with Gasteiger partial charge in [-0.15, -0.1) is 0 Å². The van der Waals surface area contributed by atoms with Crippen LogP contribution in [0.3, 0.4) is 0 Å². The molecule has 0 saturated heterocycles. The number of rotatable bonds is 7. The van der Waals surface area contributed by atoms with Crippen molar-refractivity contribution in [3.63, 3.8) is 0 Å². The summed E-state index contributed by atoms with van der Waals surface area (Å²) in [5.74, 6) is -1.45. The summed E-state index contributed by atoms with van der Waals surface area (Å²) in [5.41, 5.74) is 0.0403. The predicted molar refractivity (Wildman–Crippen MR) is 72.3 cm³/mol. The molecule has 1 aromatic heterocycles. The van der Waals surface area contributed by atoms with E-state index in [-0.39, 0.29) is 16.5 Å². The maximum absolute atomic E-state index is 12.5. The Morgan fingerprint density at radius 1 is 1.57 bits per heavy atom. The van der Waals surface area contributed by atoms with Crippen LogP contribution in [0.1, 0.15) is 23.2 Å². The first-order valence-electron chi connectivity index (χ1n) is 6.39. The van der Waals surface area contributed by atoms with Crippen molar-refractivity contribution in [1.82, 2.24) is 10.3 Å². The van der Waals surface area contributed by atoms with Gasteiger partial charge >= 0.3 is 5.97 Å². The van der Waals surface area contributed by atoms with Crippen molar-refractivity contribution in [2.75, 3.05) is 13.3 Å². The Bertz CT molecular complexity index is 551. The van der Waals surface area contributed by atoms with Gasteiger partial charge in [-0.1, -0.05) is 11.6 Å². The number of aromatic nitrogens is 1. The van der Waals surface area contributed by atoms with E-state index in [9.17, 15) is 14.0 Å². The molecule has 1 aliphatic carbocycles. The predicted octanol–water partition coefficient (Wildman–Crippen LogP) is 1.68. The molecule has 0 spiro atoms. The molecule has 2 N–H and O–H groups in total. The van der Waals surface area contributed by atoms with Crippen molar-refractivity contribution in [1.29, 1.82) is 0 Å². The third kappa shape index (κ3) is 4.29. The fourth-order valence-corrected chi connectivity index (χ4v) is 1.77. The van der Waals surface area contributed by atoms with Crippen molar-refractivity contribution in [2.24, 2.45) is 5.92 Å². The molecule has 1 amide bonds. The van der Waals surface area contributed by atoms with E-state index >= 15 is 0 Å². The van der Waals surface area contributed by atoms with E-state index in [2.05, 4.69) is 4.98 Å². The molecule has 1 saturated carbocycles. The molecule has 21 heavy (non-hydrogen) atoms. The Labute approximate surface area is 125 Å².